The van der Waals surface area contributed by atoms with Crippen molar-refractivity contribution in [2.45, 2.75) is 0 Å². The molecule has 0 rings (SSSR count). The molecule has 1 radical (unpaired) electrons. The van der Waals surface area contributed by atoms with E-state index >= 15 is 0 Å². The monoisotopic (exact) mass is 181 g/mol. The summed E-state index contributed by atoms with van der Waals surface area (Å²) in [6.45, 7) is 0. The van der Waals surface area contributed by atoms with E-state index in [2.05, 4.69) is 0 Å². The predicted octanol–water partition coefficient (Wildman–Crippen LogP) is -2.71. The van der Waals surface area contributed by atoms with Crippen molar-refractivity contribution in [1.82, 2.24) is 0 Å². The first-order chi connectivity index (χ1) is 1.73. The molecule has 0 aliphatic carbocycles. The molecule has 0 aromatic carbocycles. The Kier molecular flexibility index (Phi) is 52.5. The number of hydrogen-bond acceptors (Lipinski definition) is 3. The van der Waals surface area contributed by atoms with Gasteiger partial charge in [-0.25, -0.2) is 0 Å². The third kappa shape index (κ3) is 94.4. The van der Waals surface area contributed by atoms with Crippen LogP contribution in [0, 0.1) is 0 Å². The summed E-state index contributed by atoms with van der Waals surface area (Å²) in [5, 5.41) is 21.5. The van der Waals surface area contributed by atoms with Crippen molar-refractivity contribution in [3.8, 4) is 0 Å². The summed E-state index contributed by atoms with van der Waals surface area (Å²) in [6, 6.07) is 0. The molecule has 0 atom stereocenters. The molecule has 0 aliphatic rings. The molecular formula is H4BFeLiMnO3. The molecule has 0 aliphatic heterocycles. The minimum Gasteiger partial charge on any atom is 0 e. The Hall–Kier alpha value is 1.58. The molecule has 0 saturated heterocycles. The van der Waals surface area contributed by atoms with Crippen molar-refractivity contribution in [1.29, 1.82) is 0 Å². The first-order valence-corrected chi connectivity index (χ1v) is 0.775. The van der Waals surface area contributed by atoms with Crippen molar-refractivity contribution < 1.29 is 49.2 Å². The van der Waals surface area contributed by atoms with E-state index in [1.807, 2.05) is 0 Å². The zero-order valence-electron chi connectivity index (χ0n) is 2.65. The van der Waals surface area contributed by atoms with Gasteiger partial charge in [0.1, 0.15) is 0 Å². The third-order valence-electron chi connectivity index (χ3n) is 0. The average Bonchev–Trinajstić information content (AvgIpc) is 0.811. The maximum Gasteiger partial charge on any atom is 0 e. The van der Waals surface area contributed by atoms with Gasteiger partial charge in [-0.2, -0.15) is 0 Å². The minimum absolute atomic E-state index is 0. The number of rotatable bonds is 0. The van der Waals surface area contributed by atoms with Crippen LogP contribution in [0.5, 0.6) is 0 Å². The Bertz CT molecular complexity index is 19.7. The summed E-state index contributed by atoms with van der Waals surface area (Å²) >= 11 is 0. The maximum atomic E-state index is 7.17. The standard InChI is InChI=1S/BH3O3.Fe.Li.Mn.H/c2-1(3)4;;;;/h2-4H;;;;. The molecule has 3 nitrogen and oxygen atoms in total. The van der Waals surface area contributed by atoms with Gasteiger partial charge < -0.3 is 15.1 Å². The summed E-state index contributed by atoms with van der Waals surface area (Å²) in [5.74, 6) is 0. The fourth-order valence-electron chi connectivity index (χ4n) is 0. The van der Waals surface area contributed by atoms with Crippen LogP contribution >= 0.6 is 0 Å². The average molecular weight is 181 g/mol. The first kappa shape index (κ1) is 23.5. The van der Waals surface area contributed by atoms with Gasteiger partial charge in [0.15, 0.2) is 0 Å². The summed E-state index contributed by atoms with van der Waals surface area (Å²) in [5.41, 5.74) is 0. The van der Waals surface area contributed by atoms with Crippen molar-refractivity contribution in [3.63, 3.8) is 0 Å². The Balaban J connectivity index is -0.0000000150. The molecule has 7 heavy (non-hydrogen) atoms. The van der Waals surface area contributed by atoms with E-state index in [0.717, 1.165) is 0 Å². The van der Waals surface area contributed by atoms with Crippen LogP contribution in [0.4, 0.5) is 0 Å². The molecule has 41 valence electrons. The zero-order valence-corrected chi connectivity index (χ0v) is 4.94. The summed E-state index contributed by atoms with van der Waals surface area (Å²) in [6.07, 6.45) is 0. The third-order valence-corrected chi connectivity index (χ3v) is 0. The number of hydrogen-bond donors (Lipinski definition) is 3. The Morgan fingerprint density at radius 1 is 1.00 bits per heavy atom. The maximum absolute atomic E-state index is 7.17. The second-order valence-electron chi connectivity index (χ2n) is 0.346. The molecule has 0 heterocycles. The van der Waals surface area contributed by atoms with Gasteiger partial charge in [0.25, 0.3) is 0 Å². The van der Waals surface area contributed by atoms with Gasteiger partial charge in [-0.15, -0.1) is 0 Å². The Morgan fingerprint density at radius 3 is 1.00 bits per heavy atom. The Labute approximate surface area is 75.2 Å². The van der Waals surface area contributed by atoms with E-state index < -0.39 is 7.32 Å². The summed E-state index contributed by atoms with van der Waals surface area (Å²) < 4.78 is 0. The second kappa shape index (κ2) is 15.6. The van der Waals surface area contributed by atoms with E-state index in [0.29, 0.717) is 0 Å². The molecule has 0 aromatic heterocycles. The molecule has 0 fully saturated rings. The fourth-order valence-corrected chi connectivity index (χ4v) is 0. The molecule has 0 saturated carbocycles. The van der Waals surface area contributed by atoms with Crippen LogP contribution in [0.3, 0.4) is 0 Å². The molecular weight excluding hydrogens is 177 g/mol. The zero-order chi connectivity index (χ0) is 3.58. The molecule has 0 amide bonds. The predicted molar refractivity (Wildman–Crippen MR) is 19.6 cm³/mol. The van der Waals surface area contributed by atoms with E-state index in [4.69, 9.17) is 15.1 Å². The molecule has 0 aromatic rings. The van der Waals surface area contributed by atoms with Crippen LogP contribution < -0.4 is 0 Å². The van der Waals surface area contributed by atoms with Gasteiger partial charge >= 0.3 is 26.2 Å². The first-order valence-electron chi connectivity index (χ1n) is 0.775. The molecule has 0 unspecified atom stereocenters. The van der Waals surface area contributed by atoms with Crippen LogP contribution in [-0.2, 0) is 34.1 Å². The molecule has 0 bridgehead atoms. The van der Waals surface area contributed by atoms with Crippen LogP contribution in [-0.4, -0.2) is 41.3 Å². The van der Waals surface area contributed by atoms with Gasteiger partial charge in [-0.05, 0) is 0 Å². The summed E-state index contributed by atoms with van der Waals surface area (Å²) in [7, 11) is -2.17. The van der Waals surface area contributed by atoms with E-state index in [9.17, 15) is 0 Å². The molecule has 7 heteroatoms. The van der Waals surface area contributed by atoms with Crippen LogP contribution in [0.15, 0.2) is 0 Å². The van der Waals surface area contributed by atoms with Crippen molar-refractivity contribution in [2.24, 2.45) is 0 Å². The largest absolute Gasteiger partial charge is 0 e. The van der Waals surface area contributed by atoms with Crippen LogP contribution in [0.2, 0.25) is 0 Å². The summed E-state index contributed by atoms with van der Waals surface area (Å²) in [4.78, 5) is 0. The van der Waals surface area contributed by atoms with Crippen LogP contribution in [0.25, 0.3) is 0 Å². The van der Waals surface area contributed by atoms with Crippen molar-refractivity contribution >= 4 is 26.2 Å². The van der Waals surface area contributed by atoms with E-state index in [1.165, 1.54) is 0 Å². The van der Waals surface area contributed by atoms with Gasteiger partial charge in [-0.1, -0.05) is 0 Å². The quantitative estimate of drug-likeness (QED) is 0.356. The molecule has 0 spiro atoms. The molecule has 3 N–H and O–H groups in total. The second-order valence-corrected chi connectivity index (χ2v) is 0.346. The SMILES string of the molecule is OB(O)O.[Fe].[LiH].[Mn]. The van der Waals surface area contributed by atoms with Crippen molar-refractivity contribution in [3.05, 3.63) is 0 Å². The van der Waals surface area contributed by atoms with Crippen molar-refractivity contribution in [2.75, 3.05) is 0 Å². The minimum atomic E-state index is -2.17. The van der Waals surface area contributed by atoms with Gasteiger partial charge in [-0.3, -0.25) is 0 Å². The van der Waals surface area contributed by atoms with Gasteiger partial charge in [0.2, 0.25) is 0 Å². The normalized spacial score (nSPS) is 3.86. The topological polar surface area (TPSA) is 60.7 Å². The van der Waals surface area contributed by atoms with Gasteiger partial charge in [0.05, 0.1) is 0 Å². The van der Waals surface area contributed by atoms with Gasteiger partial charge in [0, 0.05) is 34.1 Å². The smallest absolute Gasteiger partial charge is 0 e. The van der Waals surface area contributed by atoms with E-state index in [-0.39, 0.29) is 53.0 Å². The van der Waals surface area contributed by atoms with Crippen LogP contribution in [0.1, 0.15) is 0 Å². The Morgan fingerprint density at radius 2 is 1.00 bits per heavy atom. The fraction of sp³-hybridized carbons (Fsp3) is 0. The van der Waals surface area contributed by atoms with E-state index in [1.54, 1.807) is 0 Å².